The molecule has 0 saturated carbocycles. The van der Waals surface area contributed by atoms with E-state index in [1.807, 2.05) is 0 Å². The van der Waals surface area contributed by atoms with Gasteiger partial charge in [0.1, 0.15) is 0 Å². The van der Waals surface area contributed by atoms with Crippen molar-refractivity contribution in [2.45, 2.75) is 57.9 Å². The van der Waals surface area contributed by atoms with E-state index in [0.717, 1.165) is 19.6 Å². The topological polar surface area (TPSA) is 23.6 Å². The van der Waals surface area contributed by atoms with Crippen LogP contribution in [0.15, 0.2) is 0 Å². The van der Waals surface area contributed by atoms with E-state index in [0.29, 0.717) is 18.5 Å². The van der Waals surface area contributed by atoms with E-state index >= 15 is 0 Å². The fraction of sp³-hybridized carbons (Fsp3) is 0.929. The summed E-state index contributed by atoms with van der Waals surface area (Å²) in [6.45, 7) is 6.07. The van der Waals surface area contributed by atoms with Gasteiger partial charge < -0.3 is 4.90 Å². The number of carbonyl (C=O) groups excluding carboxylic acids is 1. The van der Waals surface area contributed by atoms with Gasteiger partial charge in [-0.2, -0.15) is 0 Å². The molecule has 0 spiro atoms. The molecule has 98 valence electrons. The molecule has 17 heavy (non-hydrogen) atoms. The highest BCUT2D eigenvalue weighted by molar-refractivity contribution is 5.78. The largest absolute Gasteiger partial charge is 0.339 e. The Morgan fingerprint density at radius 3 is 2.29 bits per heavy atom. The van der Waals surface area contributed by atoms with Gasteiger partial charge in [0, 0.05) is 12.6 Å². The quantitative estimate of drug-likeness (QED) is 0.737. The summed E-state index contributed by atoms with van der Waals surface area (Å²) in [5, 5.41) is 0. The van der Waals surface area contributed by atoms with Crippen molar-refractivity contribution >= 4 is 5.91 Å². The molecule has 2 aliphatic heterocycles. The van der Waals surface area contributed by atoms with E-state index in [1.165, 1.54) is 44.9 Å². The van der Waals surface area contributed by atoms with Crippen LogP contribution < -0.4 is 0 Å². The molecule has 0 aromatic heterocycles. The molecule has 2 heterocycles. The molecule has 0 N–H and O–H groups in total. The lowest BCUT2D eigenvalue weighted by Gasteiger charge is -2.35. The minimum Gasteiger partial charge on any atom is -0.339 e. The van der Waals surface area contributed by atoms with Gasteiger partial charge in [0.15, 0.2) is 0 Å². The molecule has 3 heteroatoms. The Labute approximate surface area is 105 Å². The first kappa shape index (κ1) is 12.9. The second kappa shape index (κ2) is 6.39. The zero-order chi connectivity index (χ0) is 12.1. The summed E-state index contributed by atoms with van der Waals surface area (Å²) in [6, 6.07) is 0.461. The zero-order valence-electron chi connectivity index (χ0n) is 11.2. The van der Waals surface area contributed by atoms with Crippen LogP contribution in [0.5, 0.6) is 0 Å². The van der Waals surface area contributed by atoms with Crippen LogP contribution in [-0.2, 0) is 4.79 Å². The number of amides is 1. The Kier molecular flexibility index (Phi) is 4.84. The fourth-order valence-corrected chi connectivity index (χ4v) is 3.05. The number of rotatable bonds is 2. The number of piperidine rings is 1. The Bertz CT molecular complexity index is 247. The summed E-state index contributed by atoms with van der Waals surface area (Å²) in [4.78, 5) is 16.7. The van der Waals surface area contributed by atoms with Crippen LogP contribution in [0.1, 0.15) is 51.9 Å². The van der Waals surface area contributed by atoms with Gasteiger partial charge in [0.05, 0.1) is 6.54 Å². The lowest BCUT2D eigenvalue weighted by Crippen LogP contribution is -2.47. The van der Waals surface area contributed by atoms with Crippen molar-refractivity contribution in [3.05, 3.63) is 0 Å². The van der Waals surface area contributed by atoms with Crippen LogP contribution >= 0.6 is 0 Å². The molecule has 3 nitrogen and oxygen atoms in total. The van der Waals surface area contributed by atoms with Crippen LogP contribution in [0.2, 0.25) is 0 Å². The third kappa shape index (κ3) is 3.70. The van der Waals surface area contributed by atoms with Crippen LogP contribution in [-0.4, -0.2) is 47.9 Å². The highest BCUT2D eigenvalue weighted by Crippen LogP contribution is 2.17. The fourth-order valence-electron chi connectivity index (χ4n) is 3.05. The van der Waals surface area contributed by atoms with Gasteiger partial charge >= 0.3 is 0 Å². The minimum absolute atomic E-state index is 0.360. The number of likely N-dealkylation sites (tertiary alicyclic amines) is 2. The van der Waals surface area contributed by atoms with E-state index < -0.39 is 0 Å². The molecule has 1 atom stereocenters. The number of carbonyl (C=O) groups is 1. The predicted molar refractivity (Wildman–Crippen MR) is 69.9 cm³/mol. The standard InChI is InChI=1S/C14H26N2O/c1-13-8-4-7-11-16(13)14(17)12-15-9-5-2-3-6-10-15/h13H,2-12H2,1H3. The van der Waals surface area contributed by atoms with E-state index in [9.17, 15) is 4.79 Å². The molecule has 0 aromatic carbocycles. The van der Waals surface area contributed by atoms with Crippen LogP contribution in [0.25, 0.3) is 0 Å². The summed E-state index contributed by atoms with van der Waals surface area (Å²) in [6.07, 6.45) is 8.87. The minimum atomic E-state index is 0.360. The Hall–Kier alpha value is -0.570. The third-order valence-electron chi connectivity index (χ3n) is 4.18. The molecule has 1 unspecified atom stereocenters. The van der Waals surface area contributed by atoms with E-state index in [2.05, 4.69) is 16.7 Å². The Morgan fingerprint density at radius 1 is 1.00 bits per heavy atom. The highest BCUT2D eigenvalue weighted by atomic mass is 16.2. The van der Waals surface area contributed by atoms with Gasteiger partial charge in [-0.15, -0.1) is 0 Å². The van der Waals surface area contributed by atoms with Crippen LogP contribution in [0, 0.1) is 0 Å². The van der Waals surface area contributed by atoms with E-state index in [1.54, 1.807) is 0 Å². The van der Waals surface area contributed by atoms with Crippen molar-refractivity contribution in [1.29, 1.82) is 0 Å². The van der Waals surface area contributed by atoms with Crippen LogP contribution in [0.3, 0.4) is 0 Å². The van der Waals surface area contributed by atoms with Gasteiger partial charge in [-0.05, 0) is 52.1 Å². The third-order valence-corrected chi connectivity index (χ3v) is 4.18. The summed E-state index contributed by atoms with van der Waals surface area (Å²) in [5.74, 6) is 0.360. The van der Waals surface area contributed by atoms with Gasteiger partial charge in [0.25, 0.3) is 0 Å². The van der Waals surface area contributed by atoms with Crippen molar-refractivity contribution < 1.29 is 4.79 Å². The molecular weight excluding hydrogens is 212 g/mol. The lowest BCUT2D eigenvalue weighted by molar-refractivity contribution is -0.135. The molecule has 0 bridgehead atoms. The number of hydrogen-bond acceptors (Lipinski definition) is 2. The van der Waals surface area contributed by atoms with Crippen molar-refractivity contribution in [3.8, 4) is 0 Å². The molecule has 2 fully saturated rings. The molecule has 2 aliphatic rings. The molecule has 2 rings (SSSR count). The first-order valence-corrected chi connectivity index (χ1v) is 7.29. The monoisotopic (exact) mass is 238 g/mol. The highest BCUT2D eigenvalue weighted by Gasteiger charge is 2.24. The van der Waals surface area contributed by atoms with Crippen molar-refractivity contribution in [1.82, 2.24) is 9.80 Å². The Morgan fingerprint density at radius 2 is 1.65 bits per heavy atom. The molecule has 2 saturated heterocycles. The van der Waals surface area contributed by atoms with Crippen molar-refractivity contribution in [2.24, 2.45) is 0 Å². The van der Waals surface area contributed by atoms with Crippen molar-refractivity contribution in [3.63, 3.8) is 0 Å². The summed E-state index contributed by atoms with van der Waals surface area (Å²) in [5.41, 5.74) is 0. The first-order chi connectivity index (χ1) is 8.27. The SMILES string of the molecule is CC1CCCCN1C(=O)CN1CCCCCC1. The maximum absolute atomic E-state index is 12.3. The van der Waals surface area contributed by atoms with E-state index in [-0.39, 0.29) is 0 Å². The molecule has 1 amide bonds. The second-order valence-electron chi connectivity index (χ2n) is 5.62. The van der Waals surface area contributed by atoms with Crippen molar-refractivity contribution in [2.75, 3.05) is 26.2 Å². The smallest absolute Gasteiger partial charge is 0.236 e. The van der Waals surface area contributed by atoms with Gasteiger partial charge in [-0.1, -0.05) is 12.8 Å². The Balaban J connectivity index is 1.82. The second-order valence-corrected chi connectivity index (χ2v) is 5.62. The maximum atomic E-state index is 12.3. The normalized spacial score (nSPS) is 27.8. The summed E-state index contributed by atoms with van der Waals surface area (Å²) in [7, 11) is 0. The first-order valence-electron chi connectivity index (χ1n) is 7.29. The van der Waals surface area contributed by atoms with Gasteiger partial charge in [-0.3, -0.25) is 9.69 Å². The molecule has 0 aliphatic carbocycles. The predicted octanol–water partition coefficient (Wildman–Crippen LogP) is 2.26. The average Bonchev–Trinajstić information content (AvgIpc) is 2.58. The zero-order valence-corrected chi connectivity index (χ0v) is 11.2. The maximum Gasteiger partial charge on any atom is 0.236 e. The molecule has 0 radical (unpaired) electrons. The van der Waals surface area contributed by atoms with Gasteiger partial charge in [-0.25, -0.2) is 0 Å². The van der Waals surface area contributed by atoms with E-state index in [4.69, 9.17) is 0 Å². The number of nitrogens with zero attached hydrogens (tertiary/aromatic N) is 2. The summed E-state index contributed by atoms with van der Waals surface area (Å²) >= 11 is 0. The summed E-state index contributed by atoms with van der Waals surface area (Å²) < 4.78 is 0. The van der Waals surface area contributed by atoms with Gasteiger partial charge in [0.2, 0.25) is 5.91 Å². The molecule has 0 aromatic rings. The molecular formula is C14H26N2O. The lowest BCUT2D eigenvalue weighted by atomic mass is 10.0. The average molecular weight is 238 g/mol. The van der Waals surface area contributed by atoms with Crippen LogP contribution in [0.4, 0.5) is 0 Å². The number of hydrogen-bond donors (Lipinski definition) is 0.